The Kier molecular flexibility index (Phi) is 3.60. The van der Waals surface area contributed by atoms with Gasteiger partial charge in [0, 0.05) is 24.4 Å². The molecule has 2 rings (SSSR count). The second-order valence-corrected chi connectivity index (χ2v) is 5.87. The van der Waals surface area contributed by atoms with Crippen molar-refractivity contribution in [3.05, 3.63) is 36.0 Å². The summed E-state index contributed by atoms with van der Waals surface area (Å²) in [6.45, 7) is 1.49. The smallest absolute Gasteiger partial charge is 0.255 e. The van der Waals surface area contributed by atoms with Crippen molar-refractivity contribution < 1.29 is 18.0 Å². The Balaban J connectivity index is 2.11. The molecule has 1 aliphatic rings. The summed E-state index contributed by atoms with van der Waals surface area (Å²) in [5.74, 6) is -0.700. The molecule has 106 valence electrons. The number of hydrogen-bond donors (Lipinski definition) is 2. The van der Waals surface area contributed by atoms with Gasteiger partial charge in [0.2, 0.25) is 15.9 Å². The minimum Gasteiger partial charge on any atom is -0.357 e. The second-order valence-electron chi connectivity index (χ2n) is 4.31. The van der Waals surface area contributed by atoms with Crippen molar-refractivity contribution in [2.24, 2.45) is 5.14 Å². The van der Waals surface area contributed by atoms with Crippen molar-refractivity contribution in [1.29, 1.82) is 0 Å². The zero-order valence-electron chi connectivity index (χ0n) is 10.7. The van der Waals surface area contributed by atoms with Gasteiger partial charge in [-0.3, -0.25) is 14.5 Å². The Hall–Kier alpha value is -2.19. The minimum atomic E-state index is -3.73. The Morgan fingerprint density at radius 2 is 1.90 bits per heavy atom. The van der Waals surface area contributed by atoms with E-state index < -0.39 is 10.0 Å². The highest BCUT2D eigenvalue weighted by atomic mass is 32.2. The third-order valence-corrected chi connectivity index (χ3v) is 3.69. The molecule has 0 bridgehead atoms. The summed E-state index contributed by atoms with van der Waals surface area (Å²) in [5, 5.41) is 7.94. The van der Waals surface area contributed by atoms with Gasteiger partial charge in [-0.05, 0) is 24.3 Å². The standard InChI is InChI=1S/C12H13N3O4S/c1-8(16)15-7-10(6-12(15)17)14-9-2-4-11(5-3-9)20(13,18)19/h2-6,14H,7H2,1H3,(H2,13,18,19). The molecule has 0 aliphatic carbocycles. The largest absolute Gasteiger partial charge is 0.357 e. The molecule has 0 fully saturated rings. The number of carbonyl (C=O) groups is 2. The average molecular weight is 295 g/mol. The lowest BCUT2D eigenvalue weighted by Crippen LogP contribution is -2.31. The number of amides is 2. The van der Waals surface area contributed by atoms with E-state index in [-0.39, 0.29) is 23.3 Å². The van der Waals surface area contributed by atoms with Crippen molar-refractivity contribution in [2.45, 2.75) is 11.8 Å². The van der Waals surface area contributed by atoms with Gasteiger partial charge in [-0.2, -0.15) is 0 Å². The molecule has 3 N–H and O–H groups in total. The van der Waals surface area contributed by atoms with Crippen molar-refractivity contribution in [2.75, 3.05) is 11.9 Å². The number of primary sulfonamides is 1. The predicted octanol–water partition coefficient (Wildman–Crippen LogP) is 0.0185. The van der Waals surface area contributed by atoms with E-state index >= 15 is 0 Å². The molecule has 1 aromatic carbocycles. The van der Waals surface area contributed by atoms with Crippen molar-refractivity contribution >= 4 is 27.5 Å². The highest BCUT2D eigenvalue weighted by molar-refractivity contribution is 7.89. The lowest BCUT2D eigenvalue weighted by Gasteiger charge is -2.12. The molecule has 0 atom stereocenters. The third kappa shape index (κ3) is 3.03. The van der Waals surface area contributed by atoms with E-state index in [1.165, 1.54) is 37.3 Å². The van der Waals surface area contributed by atoms with Crippen molar-refractivity contribution in [3.63, 3.8) is 0 Å². The van der Waals surface area contributed by atoms with Crippen LogP contribution in [0.15, 0.2) is 40.9 Å². The number of sulfonamides is 1. The summed E-state index contributed by atoms with van der Waals surface area (Å²) in [4.78, 5) is 23.8. The molecular weight excluding hydrogens is 282 g/mol. The summed E-state index contributed by atoms with van der Waals surface area (Å²) in [7, 11) is -3.73. The number of imide groups is 1. The number of hydrogen-bond acceptors (Lipinski definition) is 5. The number of rotatable bonds is 3. The molecule has 8 heteroatoms. The summed E-state index contributed by atoms with van der Waals surface area (Å²) in [5.41, 5.74) is 1.16. The highest BCUT2D eigenvalue weighted by Crippen LogP contribution is 2.17. The first-order valence-electron chi connectivity index (χ1n) is 5.70. The van der Waals surface area contributed by atoms with Crippen molar-refractivity contribution in [3.8, 4) is 0 Å². The Labute approximate surface area is 116 Å². The zero-order chi connectivity index (χ0) is 14.9. The van der Waals surface area contributed by atoms with Crippen LogP contribution in [0.5, 0.6) is 0 Å². The van der Waals surface area contributed by atoms with Gasteiger partial charge in [0.1, 0.15) is 0 Å². The first kappa shape index (κ1) is 14.2. The van der Waals surface area contributed by atoms with Crippen molar-refractivity contribution in [1.82, 2.24) is 4.90 Å². The third-order valence-electron chi connectivity index (χ3n) is 2.76. The number of benzene rings is 1. The zero-order valence-corrected chi connectivity index (χ0v) is 11.5. The van der Waals surface area contributed by atoms with Gasteiger partial charge in [0.05, 0.1) is 11.4 Å². The molecular formula is C12H13N3O4S. The van der Waals surface area contributed by atoms with E-state index in [0.717, 1.165) is 4.90 Å². The van der Waals surface area contributed by atoms with Crippen LogP contribution >= 0.6 is 0 Å². The van der Waals surface area contributed by atoms with Crippen LogP contribution in [0.1, 0.15) is 6.92 Å². The van der Waals surface area contributed by atoms with E-state index in [9.17, 15) is 18.0 Å². The fourth-order valence-corrected chi connectivity index (χ4v) is 2.29. The van der Waals surface area contributed by atoms with Crippen LogP contribution in [-0.4, -0.2) is 31.7 Å². The quantitative estimate of drug-likeness (QED) is 0.817. The molecule has 0 radical (unpaired) electrons. The molecule has 7 nitrogen and oxygen atoms in total. The predicted molar refractivity (Wildman–Crippen MR) is 71.9 cm³/mol. The number of carbonyl (C=O) groups excluding carboxylic acids is 2. The van der Waals surface area contributed by atoms with Gasteiger partial charge >= 0.3 is 0 Å². The van der Waals surface area contributed by atoms with Crippen LogP contribution in [0.2, 0.25) is 0 Å². The monoisotopic (exact) mass is 295 g/mol. The molecule has 2 amide bonds. The maximum atomic E-state index is 11.5. The molecule has 0 spiro atoms. The minimum absolute atomic E-state index is 0.00453. The number of nitrogens with two attached hydrogens (primary N) is 1. The maximum Gasteiger partial charge on any atom is 0.255 e. The second kappa shape index (κ2) is 5.06. The molecule has 1 heterocycles. The van der Waals surface area contributed by atoms with Gasteiger partial charge in [0.15, 0.2) is 0 Å². The Morgan fingerprint density at radius 3 is 2.35 bits per heavy atom. The molecule has 0 aromatic heterocycles. The molecule has 0 saturated carbocycles. The van der Waals surface area contributed by atoms with E-state index in [4.69, 9.17) is 5.14 Å². The van der Waals surface area contributed by atoms with Crippen LogP contribution in [-0.2, 0) is 19.6 Å². The first-order chi connectivity index (χ1) is 9.27. The lowest BCUT2D eigenvalue weighted by molar-refractivity contribution is -0.138. The van der Waals surface area contributed by atoms with Crippen LogP contribution in [0, 0.1) is 0 Å². The van der Waals surface area contributed by atoms with Crippen LogP contribution in [0.3, 0.4) is 0 Å². The van der Waals surface area contributed by atoms with E-state index in [0.29, 0.717) is 11.4 Å². The molecule has 0 unspecified atom stereocenters. The number of anilines is 1. The van der Waals surface area contributed by atoms with Crippen LogP contribution in [0.25, 0.3) is 0 Å². The number of nitrogens with one attached hydrogen (secondary N) is 1. The summed E-state index contributed by atoms with van der Waals surface area (Å²) in [6, 6.07) is 5.78. The summed E-state index contributed by atoms with van der Waals surface area (Å²) >= 11 is 0. The van der Waals surface area contributed by atoms with Gasteiger partial charge in [-0.15, -0.1) is 0 Å². The van der Waals surface area contributed by atoms with Crippen LogP contribution < -0.4 is 10.5 Å². The highest BCUT2D eigenvalue weighted by Gasteiger charge is 2.24. The maximum absolute atomic E-state index is 11.5. The topological polar surface area (TPSA) is 110 Å². The normalized spacial score (nSPS) is 15.2. The van der Waals surface area contributed by atoms with Gasteiger partial charge in [-0.25, -0.2) is 13.6 Å². The van der Waals surface area contributed by atoms with Gasteiger partial charge in [0.25, 0.3) is 5.91 Å². The van der Waals surface area contributed by atoms with Crippen LogP contribution in [0.4, 0.5) is 5.69 Å². The molecule has 1 aliphatic heterocycles. The van der Waals surface area contributed by atoms with E-state index in [2.05, 4.69) is 5.32 Å². The first-order valence-corrected chi connectivity index (χ1v) is 7.24. The molecule has 20 heavy (non-hydrogen) atoms. The fourth-order valence-electron chi connectivity index (χ4n) is 1.78. The van der Waals surface area contributed by atoms with E-state index in [1.807, 2.05) is 0 Å². The lowest BCUT2D eigenvalue weighted by atomic mass is 10.3. The Bertz CT molecular complexity index is 692. The summed E-state index contributed by atoms with van der Waals surface area (Å²) < 4.78 is 22.2. The van der Waals surface area contributed by atoms with Gasteiger partial charge < -0.3 is 5.32 Å². The summed E-state index contributed by atoms with van der Waals surface area (Å²) in [6.07, 6.45) is 1.33. The average Bonchev–Trinajstić information content (AvgIpc) is 2.70. The molecule has 1 aromatic rings. The Morgan fingerprint density at radius 1 is 1.30 bits per heavy atom. The molecule has 0 saturated heterocycles. The van der Waals surface area contributed by atoms with E-state index in [1.54, 1.807) is 0 Å². The van der Waals surface area contributed by atoms with Gasteiger partial charge in [-0.1, -0.05) is 0 Å². The SMILES string of the molecule is CC(=O)N1CC(Nc2ccc(S(N)(=O)=O)cc2)=CC1=O. The number of nitrogens with zero attached hydrogens (tertiary/aromatic N) is 1. The fraction of sp³-hybridized carbons (Fsp3) is 0.167.